The quantitative estimate of drug-likeness (QED) is 0.138. The summed E-state index contributed by atoms with van der Waals surface area (Å²) in [5, 5.41) is 30.0. The monoisotopic (exact) mass is 591 g/mol. The molecule has 0 radical (unpaired) electrons. The lowest BCUT2D eigenvalue weighted by Gasteiger charge is -2.22. The summed E-state index contributed by atoms with van der Waals surface area (Å²) in [5.41, 5.74) is 3.09. The van der Waals surface area contributed by atoms with Gasteiger partial charge in [0.15, 0.2) is 5.01 Å². The van der Waals surface area contributed by atoms with Crippen LogP contribution in [-0.2, 0) is 6.54 Å². The largest absolute Gasteiger partial charge is 0.497 e. The number of thiazole rings is 1. The molecule has 1 N–H and O–H groups in total. The number of carbonyl (C=O) groups is 1. The number of nitrogens with zero attached hydrogens (tertiary/aromatic N) is 6. The predicted octanol–water partition coefficient (Wildman–Crippen LogP) is 5.68. The van der Waals surface area contributed by atoms with Gasteiger partial charge in [0, 0.05) is 34.2 Å². The minimum Gasteiger partial charge on any atom is -0.497 e. The van der Waals surface area contributed by atoms with Crippen molar-refractivity contribution in [2.24, 2.45) is 0 Å². The molecule has 1 aliphatic rings. The van der Waals surface area contributed by atoms with Crippen LogP contribution in [0.4, 0.5) is 11.4 Å². The third-order valence-electron chi connectivity index (χ3n) is 7.11. The Hall–Kier alpha value is -5.41. The molecular weight excluding hydrogens is 566 g/mol. The fraction of sp³-hybridized carbons (Fsp3) is 0.194. The van der Waals surface area contributed by atoms with E-state index in [1.54, 1.807) is 31.4 Å². The molecule has 1 fully saturated rings. The van der Waals surface area contributed by atoms with E-state index in [0.717, 1.165) is 22.0 Å². The third kappa shape index (κ3) is 6.42. The van der Waals surface area contributed by atoms with E-state index >= 15 is 0 Å². The molecule has 0 aliphatic heterocycles. The Morgan fingerprint density at radius 2 is 1.98 bits per heavy atom. The van der Waals surface area contributed by atoms with Gasteiger partial charge in [-0.05, 0) is 72.0 Å². The summed E-state index contributed by atoms with van der Waals surface area (Å²) >= 11 is 1.53. The first-order valence-electron chi connectivity index (χ1n) is 13.5. The molecule has 43 heavy (non-hydrogen) atoms. The molecule has 1 amide bonds. The van der Waals surface area contributed by atoms with E-state index in [0.29, 0.717) is 29.3 Å². The van der Waals surface area contributed by atoms with E-state index in [-0.39, 0.29) is 17.1 Å². The maximum Gasteiger partial charge on any atom is 0.282 e. The number of methoxy groups -OCH3 is 1. The topological polar surface area (TPSA) is 138 Å². The highest BCUT2D eigenvalue weighted by Gasteiger charge is 2.23. The lowest BCUT2D eigenvalue weighted by atomic mass is 9.83. The number of aromatic nitrogens is 5. The Morgan fingerprint density at radius 3 is 2.72 bits per heavy atom. The number of rotatable bonds is 8. The normalized spacial score (nSPS) is 12.6. The molecule has 2 heterocycles. The molecule has 0 saturated heterocycles. The number of tetrazole rings is 1. The van der Waals surface area contributed by atoms with E-state index < -0.39 is 10.8 Å². The second kappa shape index (κ2) is 12.2. The zero-order valence-electron chi connectivity index (χ0n) is 23.1. The average Bonchev–Trinajstić information content (AvgIpc) is 3.65. The number of nitro groups is 1. The average molecular weight is 592 g/mol. The van der Waals surface area contributed by atoms with Gasteiger partial charge in [0.1, 0.15) is 11.3 Å². The highest BCUT2D eigenvalue weighted by molar-refractivity contribution is 7.10. The number of hydrogen-bond donors (Lipinski definition) is 1. The summed E-state index contributed by atoms with van der Waals surface area (Å²) in [6.07, 6.45) is 3.62. The summed E-state index contributed by atoms with van der Waals surface area (Å²) in [4.78, 5) is 30.5. The van der Waals surface area contributed by atoms with Gasteiger partial charge in [-0.2, -0.15) is 4.80 Å². The molecule has 2 aromatic heterocycles. The molecule has 0 unspecified atom stereocenters. The number of anilines is 1. The van der Waals surface area contributed by atoms with Gasteiger partial charge in [0.05, 0.1) is 24.3 Å². The molecule has 11 nitrogen and oxygen atoms in total. The second-order valence-electron chi connectivity index (χ2n) is 9.97. The first kappa shape index (κ1) is 27.7. The molecular formula is C31H25N7O4S. The summed E-state index contributed by atoms with van der Waals surface area (Å²) < 4.78 is 5.17. The number of ether oxygens (including phenoxy) is 1. The van der Waals surface area contributed by atoms with Gasteiger partial charge in [0.2, 0.25) is 5.82 Å². The maximum absolute atomic E-state index is 13.1. The molecule has 6 rings (SSSR count). The molecule has 12 heteroatoms. The van der Waals surface area contributed by atoms with Crippen LogP contribution < -0.4 is 10.1 Å². The van der Waals surface area contributed by atoms with Crippen molar-refractivity contribution in [3.8, 4) is 29.0 Å². The van der Waals surface area contributed by atoms with Gasteiger partial charge in [-0.25, -0.2) is 4.98 Å². The Labute approximate surface area is 250 Å². The molecule has 1 saturated carbocycles. The smallest absolute Gasteiger partial charge is 0.282 e. The maximum atomic E-state index is 13.1. The summed E-state index contributed by atoms with van der Waals surface area (Å²) in [6, 6.07) is 18.7. The predicted molar refractivity (Wildman–Crippen MR) is 161 cm³/mol. The fourth-order valence-electron chi connectivity index (χ4n) is 4.57. The zero-order valence-corrected chi connectivity index (χ0v) is 23.9. The van der Waals surface area contributed by atoms with Gasteiger partial charge >= 0.3 is 0 Å². The van der Waals surface area contributed by atoms with Crippen molar-refractivity contribution in [2.45, 2.75) is 31.7 Å². The molecule has 0 spiro atoms. The van der Waals surface area contributed by atoms with Crippen LogP contribution in [0.25, 0.3) is 11.4 Å². The standard InChI is InChI=1S/C31H25N7O4S/c1-42-25-12-8-21(9-13-25)18-37-35-30(34-36-37)23-11-14-26(28(17-23)38(40)41)31(39)32-24-7-2-4-20(16-24)10-15-29-33-27(19-43-29)22-5-3-6-22/h2,4,7-9,11-14,16-17,19,22H,3,5-6,18H2,1H3,(H,32,39). The van der Waals surface area contributed by atoms with Gasteiger partial charge < -0.3 is 10.1 Å². The fourth-order valence-corrected chi connectivity index (χ4v) is 5.31. The van der Waals surface area contributed by atoms with E-state index in [4.69, 9.17) is 4.74 Å². The van der Waals surface area contributed by atoms with Crippen molar-refractivity contribution >= 4 is 28.6 Å². The van der Waals surface area contributed by atoms with Crippen molar-refractivity contribution in [3.05, 3.63) is 110 Å². The Kier molecular flexibility index (Phi) is 7.88. The SMILES string of the molecule is COc1ccc(Cn2nnc(-c3ccc(C(=O)Nc4cccc(C#Cc5nc(C6CCC6)cs5)c4)c([N+](=O)[O-])c3)n2)cc1. The van der Waals surface area contributed by atoms with Crippen LogP contribution in [0.15, 0.2) is 72.1 Å². The lowest BCUT2D eigenvalue weighted by Crippen LogP contribution is -2.14. The lowest BCUT2D eigenvalue weighted by molar-refractivity contribution is -0.385. The number of hydrogen-bond acceptors (Lipinski definition) is 9. The highest BCUT2D eigenvalue weighted by Crippen LogP contribution is 2.36. The van der Waals surface area contributed by atoms with Crippen molar-refractivity contribution in [1.29, 1.82) is 0 Å². The van der Waals surface area contributed by atoms with Crippen LogP contribution in [-0.4, -0.2) is 43.1 Å². The zero-order chi connectivity index (χ0) is 29.8. The first-order valence-corrected chi connectivity index (χ1v) is 14.4. The Balaban J connectivity index is 1.15. The summed E-state index contributed by atoms with van der Waals surface area (Å²) in [5.74, 6) is 7.06. The molecule has 5 aromatic rings. The van der Waals surface area contributed by atoms with Crippen LogP contribution in [0.3, 0.4) is 0 Å². The van der Waals surface area contributed by atoms with Gasteiger partial charge in [-0.3, -0.25) is 14.9 Å². The minimum atomic E-state index is -0.621. The van der Waals surface area contributed by atoms with Gasteiger partial charge in [0.25, 0.3) is 11.6 Å². The van der Waals surface area contributed by atoms with Crippen LogP contribution in [0, 0.1) is 22.0 Å². The van der Waals surface area contributed by atoms with Crippen LogP contribution >= 0.6 is 11.3 Å². The van der Waals surface area contributed by atoms with Gasteiger partial charge in [-0.15, -0.1) is 21.5 Å². The number of nitrogens with one attached hydrogen (secondary N) is 1. The van der Waals surface area contributed by atoms with Gasteiger partial charge in [-0.1, -0.05) is 30.5 Å². The Bertz CT molecular complexity index is 1870. The minimum absolute atomic E-state index is 0.0952. The number of nitro benzene ring substituents is 1. The summed E-state index contributed by atoms with van der Waals surface area (Å²) in [6.45, 7) is 0.356. The van der Waals surface area contributed by atoms with E-state index in [1.165, 1.54) is 47.5 Å². The van der Waals surface area contributed by atoms with Crippen molar-refractivity contribution in [1.82, 2.24) is 25.2 Å². The summed E-state index contributed by atoms with van der Waals surface area (Å²) in [7, 11) is 1.59. The van der Waals surface area contributed by atoms with E-state index in [2.05, 4.69) is 42.9 Å². The van der Waals surface area contributed by atoms with Crippen molar-refractivity contribution < 1.29 is 14.5 Å². The molecule has 0 atom stereocenters. The Morgan fingerprint density at radius 1 is 1.14 bits per heavy atom. The van der Waals surface area contributed by atoms with Crippen LogP contribution in [0.5, 0.6) is 5.75 Å². The second-order valence-corrected chi connectivity index (χ2v) is 10.8. The van der Waals surface area contributed by atoms with Crippen LogP contribution in [0.2, 0.25) is 0 Å². The third-order valence-corrected chi connectivity index (χ3v) is 7.89. The first-order chi connectivity index (χ1) is 20.9. The van der Waals surface area contributed by atoms with Crippen molar-refractivity contribution in [2.75, 3.05) is 12.4 Å². The number of benzene rings is 3. The van der Waals surface area contributed by atoms with E-state index in [9.17, 15) is 14.9 Å². The molecule has 3 aromatic carbocycles. The highest BCUT2D eigenvalue weighted by atomic mass is 32.1. The molecule has 0 bridgehead atoms. The number of carbonyl (C=O) groups excluding carboxylic acids is 1. The van der Waals surface area contributed by atoms with Crippen LogP contribution in [0.1, 0.15) is 57.4 Å². The molecule has 214 valence electrons. The van der Waals surface area contributed by atoms with Crippen molar-refractivity contribution in [3.63, 3.8) is 0 Å². The molecule has 1 aliphatic carbocycles. The number of amides is 1. The van der Waals surface area contributed by atoms with E-state index in [1.807, 2.05) is 30.3 Å².